The van der Waals surface area contributed by atoms with Crippen molar-refractivity contribution in [2.45, 2.75) is 6.42 Å². The molecule has 2 rings (SSSR count). The van der Waals surface area contributed by atoms with E-state index in [0.29, 0.717) is 10.2 Å². The minimum atomic E-state index is -3.65. The van der Waals surface area contributed by atoms with Crippen molar-refractivity contribution in [1.82, 2.24) is 0 Å². The number of rotatable bonds is 3. The van der Waals surface area contributed by atoms with Crippen LogP contribution in [0.5, 0.6) is 0 Å². The number of amides is 1. The van der Waals surface area contributed by atoms with E-state index in [2.05, 4.69) is 15.9 Å². The highest BCUT2D eigenvalue weighted by molar-refractivity contribution is 9.10. The Kier molecular flexibility index (Phi) is 4.17. The second-order valence-electron chi connectivity index (χ2n) is 4.38. The van der Waals surface area contributed by atoms with Crippen LogP contribution < -0.4 is 4.90 Å². The molecule has 1 unspecified atom stereocenters. The van der Waals surface area contributed by atoms with Gasteiger partial charge in [-0.25, -0.2) is 12.8 Å². The third kappa shape index (κ3) is 3.67. The Morgan fingerprint density at radius 2 is 2.16 bits per heavy atom. The van der Waals surface area contributed by atoms with E-state index in [4.69, 9.17) is 10.7 Å². The number of nitrogens with zero attached hydrogens (tertiary/aromatic N) is 1. The monoisotopic (exact) mass is 369 g/mol. The molecule has 1 amide bonds. The van der Waals surface area contributed by atoms with E-state index in [1.54, 1.807) is 0 Å². The summed E-state index contributed by atoms with van der Waals surface area (Å²) in [5.41, 5.74) is 0.402. The molecule has 0 radical (unpaired) electrons. The summed E-state index contributed by atoms with van der Waals surface area (Å²) in [5.74, 6) is -1.33. The van der Waals surface area contributed by atoms with E-state index in [1.807, 2.05) is 0 Å². The number of carbonyl (C=O) groups is 1. The van der Waals surface area contributed by atoms with Crippen LogP contribution in [0.3, 0.4) is 0 Å². The molecule has 1 atom stereocenters. The van der Waals surface area contributed by atoms with Crippen LogP contribution in [0.4, 0.5) is 10.1 Å². The van der Waals surface area contributed by atoms with Crippen molar-refractivity contribution in [2.24, 2.45) is 5.92 Å². The first-order chi connectivity index (χ1) is 8.76. The Morgan fingerprint density at radius 3 is 2.79 bits per heavy atom. The lowest BCUT2D eigenvalue weighted by Crippen LogP contribution is -2.25. The average molecular weight is 371 g/mol. The van der Waals surface area contributed by atoms with Crippen molar-refractivity contribution in [3.63, 3.8) is 0 Å². The van der Waals surface area contributed by atoms with Crippen molar-refractivity contribution in [3.8, 4) is 0 Å². The second-order valence-corrected chi connectivity index (χ2v) is 8.05. The summed E-state index contributed by atoms with van der Waals surface area (Å²) in [7, 11) is 1.54. The predicted molar refractivity (Wildman–Crippen MR) is 74.2 cm³/mol. The minimum Gasteiger partial charge on any atom is -0.311 e. The van der Waals surface area contributed by atoms with Crippen LogP contribution in [0, 0.1) is 11.7 Å². The van der Waals surface area contributed by atoms with Crippen LogP contribution >= 0.6 is 26.6 Å². The summed E-state index contributed by atoms with van der Waals surface area (Å²) in [6.07, 6.45) is 0.0922. The zero-order valence-corrected chi connectivity index (χ0v) is 12.8. The van der Waals surface area contributed by atoms with Gasteiger partial charge in [0.15, 0.2) is 0 Å². The van der Waals surface area contributed by atoms with Gasteiger partial charge in [-0.15, -0.1) is 0 Å². The SMILES string of the molecule is O=C1CC(CS(=O)(=O)Cl)CN1c1cc(F)ccc1Br. The molecule has 1 aromatic rings. The quantitative estimate of drug-likeness (QED) is 0.768. The van der Waals surface area contributed by atoms with Gasteiger partial charge in [0.1, 0.15) is 5.82 Å². The van der Waals surface area contributed by atoms with Gasteiger partial charge in [0.05, 0.1) is 11.4 Å². The second kappa shape index (κ2) is 5.38. The van der Waals surface area contributed by atoms with E-state index in [1.165, 1.54) is 23.1 Å². The molecule has 104 valence electrons. The Bertz CT molecular complexity index is 622. The van der Waals surface area contributed by atoms with Gasteiger partial charge < -0.3 is 4.90 Å². The average Bonchev–Trinajstić information content (AvgIpc) is 2.60. The fourth-order valence-electron chi connectivity index (χ4n) is 2.10. The molecule has 1 aliphatic heterocycles. The Morgan fingerprint density at radius 1 is 1.47 bits per heavy atom. The Hall–Kier alpha value is -0.660. The summed E-state index contributed by atoms with van der Waals surface area (Å²) in [6, 6.07) is 4.01. The van der Waals surface area contributed by atoms with Gasteiger partial charge in [0.25, 0.3) is 0 Å². The van der Waals surface area contributed by atoms with Gasteiger partial charge in [-0.2, -0.15) is 0 Å². The largest absolute Gasteiger partial charge is 0.311 e. The molecule has 4 nitrogen and oxygen atoms in total. The van der Waals surface area contributed by atoms with Crippen LogP contribution in [-0.2, 0) is 13.8 Å². The van der Waals surface area contributed by atoms with E-state index in [-0.39, 0.29) is 30.5 Å². The predicted octanol–water partition coefficient (Wildman–Crippen LogP) is 2.51. The van der Waals surface area contributed by atoms with Crippen molar-refractivity contribution >= 4 is 47.3 Å². The van der Waals surface area contributed by atoms with Gasteiger partial charge >= 0.3 is 0 Å². The zero-order chi connectivity index (χ0) is 14.2. The molecular formula is C11H10BrClFNO3S. The molecule has 1 fully saturated rings. The molecule has 0 bridgehead atoms. The number of halogens is 3. The van der Waals surface area contributed by atoms with Crippen LogP contribution in [0.25, 0.3) is 0 Å². The molecule has 8 heteroatoms. The molecule has 0 aliphatic carbocycles. The molecule has 1 saturated heterocycles. The molecular weight excluding hydrogens is 361 g/mol. The minimum absolute atomic E-state index is 0.0922. The lowest BCUT2D eigenvalue weighted by Gasteiger charge is -2.18. The lowest BCUT2D eigenvalue weighted by atomic mass is 10.1. The summed E-state index contributed by atoms with van der Waals surface area (Å²) < 4.78 is 35.8. The maximum absolute atomic E-state index is 13.2. The topological polar surface area (TPSA) is 54.5 Å². The van der Waals surface area contributed by atoms with E-state index in [9.17, 15) is 17.6 Å². The summed E-state index contributed by atoms with van der Waals surface area (Å²) in [6.45, 7) is 0.215. The van der Waals surface area contributed by atoms with Crippen molar-refractivity contribution in [2.75, 3.05) is 17.2 Å². The molecule has 0 aromatic heterocycles. The summed E-state index contributed by atoms with van der Waals surface area (Å²) >= 11 is 3.24. The number of anilines is 1. The lowest BCUT2D eigenvalue weighted by molar-refractivity contribution is -0.117. The number of hydrogen-bond acceptors (Lipinski definition) is 3. The molecule has 1 heterocycles. The highest BCUT2D eigenvalue weighted by Crippen LogP contribution is 2.32. The highest BCUT2D eigenvalue weighted by atomic mass is 79.9. The summed E-state index contributed by atoms with van der Waals surface area (Å²) in [4.78, 5) is 13.3. The number of benzene rings is 1. The molecule has 0 spiro atoms. The molecule has 1 aromatic carbocycles. The summed E-state index contributed by atoms with van der Waals surface area (Å²) in [5, 5.41) is 0. The van der Waals surface area contributed by atoms with Gasteiger partial charge in [0.2, 0.25) is 15.0 Å². The Balaban J connectivity index is 2.23. The standard InChI is InChI=1S/C11H10BrClFNO3S/c12-9-2-1-8(14)4-10(9)15-5-7(3-11(15)16)6-19(13,17)18/h1-2,4,7H,3,5-6H2. The van der Waals surface area contributed by atoms with Gasteiger partial charge in [-0.1, -0.05) is 0 Å². The van der Waals surface area contributed by atoms with Crippen LogP contribution in [0.2, 0.25) is 0 Å². The smallest absolute Gasteiger partial charge is 0.232 e. The van der Waals surface area contributed by atoms with Crippen LogP contribution in [0.15, 0.2) is 22.7 Å². The Labute approximate surface area is 123 Å². The third-order valence-corrected chi connectivity index (χ3v) is 4.76. The third-order valence-electron chi connectivity index (χ3n) is 2.84. The van der Waals surface area contributed by atoms with E-state index >= 15 is 0 Å². The first-order valence-corrected chi connectivity index (χ1v) is 8.71. The fraction of sp³-hybridized carbons (Fsp3) is 0.364. The zero-order valence-electron chi connectivity index (χ0n) is 9.64. The number of carbonyl (C=O) groups excluding carboxylic acids is 1. The first kappa shape index (κ1) is 14.7. The molecule has 0 saturated carbocycles. The van der Waals surface area contributed by atoms with Crippen LogP contribution in [-0.4, -0.2) is 26.6 Å². The van der Waals surface area contributed by atoms with E-state index < -0.39 is 14.9 Å². The molecule has 0 N–H and O–H groups in total. The molecule has 1 aliphatic rings. The van der Waals surface area contributed by atoms with Gasteiger partial charge in [-0.3, -0.25) is 4.79 Å². The normalized spacial score (nSPS) is 20.1. The molecule has 19 heavy (non-hydrogen) atoms. The van der Waals surface area contributed by atoms with E-state index in [0.717, 1.165) is 0 Å². The van der Waals surface area contributed by atoms with Crippen molar-refractivity contribution in [3.05, 3.63) is 28.5 Å². The van der Waals surface area contributed by atoms with Gasteiger partial charge in [0, 0.05) is 34.0 Å². The van der Waals surface area contributed by atoms with Crippen LogP contribution in [0.1, 0.15) is 6.42 Å². The number of hydrogen-bond donors (Lipinski definition) is 0. The first-order valence-electron chi connectivity index (χ1n) is 5.44. The van der Waals surface area contributed by atoms with Crippen molar-refractivity contribution < 1.29 is 17.6 Å². The van der Waals surface area contributed by atoms with Crippen molar-refractivity contribution in [1.29, 1.82) is 0 Å². The maximum Gasteiger partial charge on any atom is 0.232 e. The van der Waals surface area contributed by atoms with Gasteiger partial charge in [-0.05, 0) is 34.1 Å². The maximum atomic E-state index is 13.2. The fourth-order valence-corrected chi connectivity index (χ4v) is 3.88. The highest BCUT2D eigenvalue weighted by Gasteiger charge is 2.34.